The molecule has 2 fully saturated rings. The Morgan fingerprint density at radius 2 is 2.33 bits per heavy atom. The van der Waals surface area contributed by atoms with Crippen LogP contribution in [0.4, 0.5) is 0 Å². The van der Waals surface area contributed by atoms with E-state index in [0.717, 1.165) is 13.0 Å². The summed E-state index contributed by atoms with van der Waals surface area (Å²) in [7, 11) is 0. The zero-order valence-corrected chi connectivity index (χ0v) is 5.96. The van der Waals surface area contributed by atoms with Crippen LogP contribution in [0.3, 0.4) is 0 Å². The lowest BCUT2D eigenvalue weighted by Crippen LogP contribution is -2.37. The lowest BCUT2D eigenvalue weighted by atomic mass is 9.91. The van der Waals surface area contributed by atoms with Gasteiger partial charge in [0.2, 0.25) is 5.91 Å². The van der Waals surface area contributed by atoms with Crippen molar-refractivity contribution in [2.45, 2.75) is 6.42 Å². The standard InChI is InChI=1S/C6H9NOS/c8-5-1-6(2-7-5)3-9-4-6/h1-4H2,(H,7,8). The van der Waals surface area contributed by atoms with Gasteiger partial charge >= 0.3 is 0 Å². The topological polar surface area (TPSA) is 29.1 Å². The highest BCUT2D eigenvalue weighted by Gasteiger charge is 2.43. The Kier molecular flexibility index (Phi) is 1.03. The van der Waals surface area contributed by atoms with E-state index in [1.807, 2.05) is 11.8 Å². The van der Waals surface area contributed by atoms with Crippen LogP contribution >= 0.6 is 11.8 Å². The number of amides is 1. The van der Waals surface area contributed by atoms with Gasteiger partial charge in [0.05, 0.1) is 0 Å². The highest BCUT2D eigenvalue weighted by Crippen LogP contribution is 2.42. The second-order valence-electron chi connectivity index (χ2n) is 2.95. The third-order valence-corrected chi connectivity index (χ3v) is 3.65. The first kappa shape index (κ1) is 5.59. The quantitative estimate of drug-likeness (QED) is 0.526. The van der Waals surface area contributed by atoms with E-state index in [-0.39, 0.29) is 5.91 Å². The van der Waals surface area contributed by atoms with Crippen molar-refractivity contribution in [1.29, 1.82) is 0 Å². The number of carbonyl (C=O) groups is 1. The lowest BCUT2D eigenvalue weighted by Gasteiger charge is -2.35. The van der Waals surface area contributed by atoms with Crippen LogP contribution < -0.4 is 5.32 Å². The highest BCUT2D eigenvalue weighted by molar-refractivity contribution is 8.00. The minimum Gasteiger partial charge on any atom is -0.355 e. The summed E-state index contributed by atoms with van der Waals surface area (Å²) in [5, 5.41) is 2.86. The first-order chi connectivity index (χ1) is 4.31. The fourth-order valence-corrected chi connectivity index (χ4v) is 2.54. The maximum Gasteiger partial charge on any atom is 0.220 e. The van der Waals surface area contributed by atoms with Gasteiger partial charge in [0.1, 0.15) is 0 Å². The Balaban J connectivity index is 2.07. The Morgan fingerprint density at radius 1 is 1.56 bits per heavy atom. The summed E-state index contributed by atoms with van der Waals surface area (Å²) >= 11 is 1.94. The second-order valence-corrected chi connectivity index (χ2v) is 3.93. The maximum atomic E-state index is 10.7. The van der Waals surface area contributed by atoms with Crippen molar-refractivity contribution in [2.75, 3.05) is 18.1 Å². The number of rotatable bonds is 0. The molecular weight excluding hydrogens is 134 g/mol. The van der Waals surface area contributed by atoms with Crippen LogP contribution in [0.5, 0.6) is 0 Å². The molecule has 0 aromatic heterocycles. The van der Waals surface area contributed by atoms with Gasteiger partial charge in [0.15, 0.2) is 0 Å². The third kappa shape index (κ3) is 0.748. The zero-order valence-electron chi connectivity index (χ0n) is 5.14. The van der Waals surface area contributed by atoms with Crippen molar-refractivity contribution in [3.63, 3.8) is 0 Å². The van der Waals surface area contributed by atoms with Crippen LogP contribution in [0.25, 0.3) is 0 Å². The van der Waals surface area contributed by atoms with E-state index >= 15 is 0 Å². The molecular formula is C6H9NOS. The Labute approximate surface area is 58.4 Å². The number of nitrogens with one attached hydrogen (secondary N) is 1. The second kappa shape index (κ2) is 1.66. The van der Waals surface area contributed by atoms with E-state index in [9.17, 15) is 4.79 Å². The smallest absolute Gasteiger partial charge is 0.220 e. The maximum absolute atomic E-state index is 10.7. The van der Waals surface area contributed by atoms with E-state index in [1.165, 1.54) is 11.5 Å². The van der Waals surface area contributed by atoms with Gasteiger partial charge in [0, 0.05) is 29.9 Å². The zero-order chi connectivity index (χ0) is 6.32. The molecule has 1 spiro atoms. The van der Waals surface area contributed by atoms with Crippen molar-refractivity contribution in [3.05, 3.63) is 0 Å². The number of thioether (sulfide) groups is 1. The Bertz CT molecular complexity index is 153. The lowest BCUT2D eigenvalue weighted by molar-refractivity contribution is -0.119. The first-order valence-electron chi connectivity index (χ1n) is 3.15. The van der Waals surface area contributed by atoms with Gasteiger partial charge in [-0.15, -0.1) is 0 Å². The normalized spacial score (nSPS) is 30.0. The predicted molar refractivity (Wildman–Crippen MR) is 37.4 cm³/mol. The van der Waals surface area contributed by atoms with Crippen molar-refractivity contribution >= 4 is 17.7 Å². The molecule has 2 heterocycles. The van der Waals surface area contributed by atoms with Gasteiger partial charge in [-0.2, -0.15) is 11.8 Å². The van der Waals surface area contributed by atoms with Crippen molar-refractivity contribution < 1.29 is 4.79 Å². The SMILES string of the molecule is O=C1CC2(CN1)CSC2. The molecule has 0 aliphatic carbocycles. The van der Waals surface area contributed by atoms with Gasteiger partial charge < -0.3 is 5.32 Å². The van der Waals surface area contributed by atoms with Crippen molar-refractivity contribution in [1.82, 2.24) is 5.32 Å². The molecule has 0 aromatic rings. The number of hydrogen-bond acceptors (Lipinski definition) is 2. The van der Waals surface area contributed by atoms with Crippen LogP contribution in [0.1, 0.15) is 6.42 Å². The van der Waals surface area contributed by atoms with Gasteiger partial charge in [0.25, 0.3) is 0 Å². The van der Waals surface area contributed by atoms with Crippen LogP contribution in [-0.2, 0) is 4.79 Å². The summed E-state index contributed by atoms with van der Waals surface area (Å²) in [5.41, 5.74) is 0.391. The molecule has 0 bridgehead atoms. The van der Waals surface area contributed by atoms with Gasteiger partial charge in [-0.25, -0.2) is 0 Å². The number of carbonyl (C=O) groups excluding carboxylic acids is 1. The summed E-state index contributed by atoms with van der Waals surface area (Å²) in [6.07, 6.45) is 0.778. The predicted octanol–water partition coefficient (Wildman–Crippen LogP) is 0.239. The summed E-state index contributed by atoms with van der Waals surface area (Å²) in [4.78, 5) is 10.7. The first-order valence-corrected chi connectivity index (χ1v) is 4.31. The largest absolute Gasteiger partial charge is 0.355 e. The molecule has 50 valence electrons. The Morgan fingerprint density at radius 3 is 2.56 bits per heavy atom. The molecule has 2 nitrogen and oxygen atoms in total. The fraction of sp³-hybridized carbons (Fsp3) is 0.833. The molecule has 0 atom stereocenters. The van der Waals surface area contributed by atoms with Crippen molar-refractivity contribution in [2.24, 2.45) is 5.41 Å². The minimum absolute atomic E-state index is 0.246. The summed E-state index contributed by atoms with van der Waals surface area (Å²) < 4.78 is 0. The molecule has 2 saturated heterocycles. The van der Waals surface area contributed by atoms with Crippen LogP contribution in [-0.4, -0.2) is 24.0 Å². The molecule has 1 N–H and O–H groups in total. The van der Waals surface area contributed by atoms with E-state index < -0.39 is 0 Å². The average Bonchev–Trinajstić information content (AvgIpc) is 2.09. The van der Waals surface area contributed by atoms with E-state index in [4.69, 9.17) is 0 Å². The monoisotopic (exact) mass is 143 g/mol. The van der Waals surface area contributed by atoms with Crippen molar-refractivity contribution in [3.8, 4) is 0 Å². The molecule has 2 aliphatic heterocycles. The van der Waals surface area contributed by atoms with Gasteiger partial charge in [-0.1, -0.05) is 0 Å². The molecule has 0 saturated carbocycles. The van der Waals surface area contributed by atoms with Crippen LogP contribution in [0, 0.1) is 5.41 Å². The minimum atomic E-state index is 0.246. The molecule has 2 rings (SSSR count). The van der Waals surface area contributed by atoms with Gasteiger partial charge in [-0.3, -0.25) is 4.79 Å². The van der Waals surface area contributed by atoms with Gasteiger partial charge in [-0.05, 0) is 0 Å². The Hall–Kier alpha value is -0.180. The fourth-order valence-electron chi connectivity index (χ4n) is 1.35. The van der Waals surface area contributed by atoms with E-state index in [1.54, 1.807) is 0 Å². The molecule has 2 aliphatic rings. The van der Waals surface area contributed by atoms with E-state index in [2.05, 4.69) is 5.32 Å². The number of hydrogen-bond donors (Lipinski definition) is 1. The molecule has 3 heteroatoms. The summed E-state index contributed by atoms with van der Waals surface area (Å²) in [6.45, 7) is 0.929. The average molecular weight is 143 g/mol. The van der Waals surface area contributed by atoms with E-state index in [0.29, 0.717) is 5.41 Å². The third-order valence-electron chi connectivity index (χ3n) is 2.01. The molecule has 0 aromatic carbocycles. The highest BCUT2D eigenvalue weighted by atomic mass is 32.2. The van der Waals surface area contributed by atoms with Crippen LogP contribution in [0.2, 0.25) is 0 Å². The summed E-state index contributed by atoms with van der Waals surface area (Å²) in [5.74, 6) is 2.62. The summed E-state index contributed by atoms with van der Waals surface area (Å²) in [6, 6.07) is 0. The molecule has 1 amide bonds. The molecule has 9 heavy (non-hydrogen) atoms. The van der Waals surface area contributed by atoms with Crippen LogP contribution in [0.15, 0.2) is 0 Å². The molecule has 0 radical (unpaired) electrons. The molecule has 0 unspecified atom stereocenters.